The molecule has 5 nitrogen and oxygen atoms in total. The summed E-state index contributed by atoms with van der Waals surface area (Å²) in [5.41, 5.74) is 0. The highest BCUT2D eigenvalue weighted by atomic mass is 16.4. The standard InChI is InChI=1S/C15H28N2O3/c1-3-12(4-5-14(18)19)7-9-17-15(20)13-10-11(2)6-8-16-13/h11-13,16H,3-10H2,1-2H3,(H,17,20)(H,18,19). The lowest BCUT2D eigenvalue weighted by atomic mass is 9.93. The predicted octanol–water partition coefficient (Wildman–Crippen LogP) is 1.77. The first-order valence-electron chi connectivity index (χ1n) is 7.75. The van der Waals surface area contributed by atoms with Gasteiger partial charge in [0.05, 0.1) is 6.04 Å². The zero-order valence-electron chi connectivity index (χ0n) is 12.7. The van der Waals surface area contributed by atoms with Crippen molar-refractivity contribution in [1.29, 1.82) is 0 Å². The number of hydrogen-bond donors (Lipinski definition) is 3. The Kier molecular flexibility index (Phi) is 7.59. The van der Waals surface area contributed by atoms with Crippen LogP contribution in [0.15, 0.2) is 0 Å². The molecule has 0 spiro atoms. The molecule has 3 unspecified atom stereocenters. The number of piperidine rings is 1. The Balaban J connectivity index is 2.21. The van der Waals surface area contributed by atoms with Crippen LogP contribution in [0.2, 0.25) is 0 Å². The molecule has 1 aliphatic heterocycles. The summed E-state index contributed by atoms with van der Waals surface area (Å²) >= 11 is 0. The van der Waals surface area contributed by atoms with Gasteiger partial charge in [-0.3, -0.25) is 9.59 Å². The molecule has 1 heterocycles. The molecule has 0 saturated carbocycles. The Bertz CT molecular complexity index is 320. The molecule has 1 fully saturated rings. The van der Waals surface area contributed by atoms with E-state index in [0.717, 1.165) is 32.2 Å². The van der Waals surface area contributed by atoms with Crippen molar-refractivity contribution in [3.05, 3.63) is 0 Å². The molecule has 1 rings (SSSR count). The Hall–Kier alpha value is -1.10. The maximum atomic E-state index is 12.0. The van der Waals surface area contributed by atoms with E-state index in [1.807, 2.05) is 0 Å². The third-order valence-corrected chi connectivity index (χ3v) is 4.18. The van der Waals surface area contributed by atoms with Crippen molar-refractivity contribution in [2.75, 3.05) is 13.1 Å². The van der Waals surface area contributed by atoms with E-state index in [1.54, 1.807) is 0 Å². The maximum absolute atomic E-state index is 12.0. The lowest BCUT2D eigenvalue weighted by molar-refractivity contribution is -0.137. The molecule has 0 aromatic carbocycles. The summed E-state index contributed by atoms with van der Waals surface area (Å²) in [4.78, 5) is 22.6. The molecule has 0 aromatic rings. The fraction of sp³-hybridized carbons (Fsp3) is 0.867. The van der Waals surface area contributed by atoms with Gasteiger partial charge in [-0.1, -0.05) is 20.3 Å². The van der Waals surface area contributed by atoms with Crippen molar-refractivity contribution >= 4 is 11.9 Å². The van der Waals surface area contributed by atoms with Crippen molar-refractivity contribution in [2.24, 2.45) is 11.8 Å². The van der Waals surface area contributed by atoms with E-state index in [4.69, 9.17) is 5.11 Å². The molecule has 3 atom stereocenters. The van der Waals surface area contributed by atoms with E-state index in [-0.39, 0.29) is 18.4 Å². The average molecular weight is 284 g/mol. The van der Waals surface area contributed by atoms with Gasteiger partial charge >= 0.3 is 5.97 Å². The van der Waals surface area contributed by atoms with Gasteiger partial charge in [-0.25, -0.2) is 0 Å². The zero-order valence-corrected chi connectivity index (χ0v) is 12.7. The normalized spacial score (nSPS) is 24.1. The van der Waals surface area contributed by atoms with Gasteiger partial charge in [0.1, 0.15) is 0 Å². The largest absolute Gasteiger partial charge is 0.481 e. The molecule has 1 saturated heterocycles. The predicted molar refractivity (Wildman–Crippen MR) is 78.5 cm³/mol. The lowest BCUT2D eigenvalue weighted by Gasteiger charge is -2.27. The van der Waals surface area contributed by atoms with Crippen molar-refractivity contribution < 1.29 is 14.7 Å². The summed E-state index contributed by atoms with van der Waals surface area (Å²) < 4.78 is 0. The van der Waals surface area contributed by atoms with Crippen molar-refractivity contribution in [3.8, 4) is 0 Å². The minimum absolute atomic E-state index is 0.0575. The number of hydrogen-bond acceptors (Lipinski definition) is 3. The smallest absolute Gasteiger partial charge is 0.303 e. The molecule has 1 amide bonds. The van der Waals surface area contributed by atoms with Gasteiger partial charge in [-0.05, 0) is 44.1 Å². The highest BCUT2D eigenvalue weighted by Gasteiger charge is 2.24. The third kappa shape index (κ3) is 6.37. The molecule has 1 aliphatic rings. The number of nitrogens with one attached hydrogen (secondary N) is 2. The van der Waals surface area contributed by atoms with Crippen molar-refractivity contribution in [2.45, 2.75) is 58.4 Å². The molecule has 0 aliphatic carbocycles. The molecular weight excluding hydrogens is 256 g/mol. The molecule has 20 heavy (non-hydrogen) atoms. The van der Waals surface area contributed by atoms with Crippen LogP contribution in [0, 0.1) is 11.8 Å². The summed E-state index contributed by atoms with van der Waals surface area (Å²) in [6.45, 7) is 5.80. The van der Waals surface area contributed by atoms with Crippen LogP contribution in [-0.2, 0) is 9.59 Å². The third-order valence-electron chi connectivity index (χ3n) is 4.18. The average Bonchev–Trinajstić information content (AvgIpc) is 2.42. The number of carbonyl (C=O) groups is 2. The Labute approximate surface area is 121 Å². The fourth-order valence-corrected chi connectivity index (χ4v) is 2.71. The number of rotatable bonds is 8. The van der Waals surface area contributed by atoms with Gasteiger partial charge in [-0.15, -0.1) is 0 Å². The minimum atomic E-state index is -0.743. The summed E-state index contributed by atoms with van der Waals surface area (Å²) in [6.07, 6.45) is 4.77. The number of aliphatic carboxylic acids is 1. The maximum Gasteiger partial charge on any atom is 0.303 e. The fourth-order valence-electron chi connectivity index (χ4n) is 2.71. The monoisotopic (exact) mass is 284 g/mol. The van der Waals surface area contributed by atoms with E-state index >= 15 is 0 Å². The molecular formula is C15H28N2O3. The van der Waals surface area contributed by atoms with Gasteiger partial charge < -0.3 is 15.7 Å². The molecule has 0 bridgehead atoms. The van der Waals surface area contributed by atoms with Gasteiger partial charge in [0.25, 0.3) is 0 Å². The SMILES string of the molecule is CCC(CCNC(=O)C1CC(C)CCN1)CCC(=O)O. The van der Waals surface area contributed by atoms with Crippen LogP contribution in [0.3, 0.4) is 0 Å². The molecule has 0 radical (unpaired) electrons. The number of carboxylic acid groups (broad SMARTS) is 1. The highest BCUT2D eigenvalue weighted by molar-refractivity contribution is 5.81. The van der Waals surface area contributed by atoms with Crippen LogP contribution in [0.4, 0.5) is 0 Å². The molecule has 116 valence electrons. The Morgan fingerprint density at radius 1 is 1.40 bits per heavy atom. The Morgan fingerprint density at radius 3 is 2.75 bits per heavy atom. The highest BCUT2D eigenvalue weighted by Crippen LogP contribution is 2.16. The van der Waals surface area contributed by atoms with Crippen LogP contribution in [0.5, 0.6) is 0 Å². The van der Waals surface area contributed by atoms with E-state index in [2.05, 4.69) is 24.5 Å². The van der Waals surface area contributed by atoms with Crippen LogP contribution >= 0.6 is 0 Å². The molecule has 0 aromatic heterocycles. The van der Waals surface area contributed by atoms with Gasteiger partial charge in [0, 0.05) is 13.0 Å². The van der Waals surface area contributed by atoms with E-state index in [0.29, 0.717) is 24.8 Å². The van der Waals surface area contributed by atoms with Crippen LogP contribution in [-0.4, -0.2) is 36.1 Å². The van der Waals surface area contributed by atoms with Gasteiger partial charge in [0.15, 0.2) is 0 Å². The summed E-state index contributed by atoms with van der Waals surface area (Å²) in [5.74, 6) is 0.327. The second-order valence-electron chi connectivity index (χ2n) is 5.92. The second-order valence-corrected chi connectivity index (χ2v) is 5.92. The number of carbonyl (C=O) groups excluding carboxylic acids is 1. The van der Waals surface area contributed by atoms with E-state index in [1.165, 1.54) is 0 Å². The van der Waals surface area contributed by atoms with Crippen molar-refractivity contribution in [1.82, 2.24) is 10.6 Å². The lowest BCUT2D eigenvalue weighted by Crippen LogP contribution is -2.48. The van der Waals surface area contributed by atoms with E-state index < -0.39 is 5.97 Å². The van der Waals surface area contributed by atoms with Gasteiger partial charge in [0.2, 0.25) is 5.91 Å². The molecule has 5 heteroatoms. The van der Waals surface area contributed by atoms with Crippen LogP contribution < -0.4 is 10.6 Å². The summed E-state index contributed by atoms with van der Waals surface area (Å²) in [7, 11) is 0. The second kappa shape index (κ2) is 8.95. The number of amides is 1. The van der Waals surface area contributed by atoms with Gasteiger partial charge in [-0.2, -0.15) is 0 Å². The van der Waals surface area contributed by atoms with Crippen LogP contribution in [0.1, 0.15) is 52.4 Å². The summed E-state index contributed by atoms with van der Waals surface area (Å²) in [5, 5.41) is 14.9. The first kappa shape index (κ1) is 17.0. The number of carboxylic acids is 1. The van der Waals surface area contributed by atoms with Crippen molar-refractivity contribution in [3.63, 3.8) is 0 Å². The first-order valence-corrected chi connectivity index (χ1v) is 7.75. The minimum Gasteiger partial charge on any atom is -0.481 e. The first-order chi connectivity index (χ1) is 9.52. The Morgan fingerprint density at radius 2 is 2.15 bits per heavy atom. The zero-order chi connectivity index (χ0) is 15.0. The quantitative estimate of drug-likeness (QED) is 0.635. The van der Waals surface area contributed by atoms with E-state index in [9.17, 15) is 9.59 Å². The van der Waals surface area contributed by atoms with Crippen LogP contribution in [0.25, 0.3) is 0 Å². The summed E-state index contributed by atoms with van der Waals surface area (Å²) in [6, 6.07) is -0.0575. The molecule has 3 N–H and O–H groups in total. The topological polar surface area (TPSA) is 78.4 Å².